The Bertz CT molecular complexity index is 474. The van der Waals surface area contributed by atoms with Crippen LogP contribution in [-0.2, 0) is 13.5 Å². The Morgan fingerprint density at radius 1 is 1.47 bits per heavy atom. The van der Waals surface area contributed by atoms with Crippen molar-refractivity contribution in [2.75, 3.05) is 6.54 Å². The highest BCUT2D eigenvalue weighted by molar-refractivity contribution is 7.11. The first-order valence-corrected chi connectivity index (χ1v) is 6.64. The minimum Gasteiger partial charge on any atom is -0.338 e. The number of aryl methyl sites for hydroxylation is 2. The van der Waals surface area contributed by atoms with Gasteiger partial charge >= 0.3 is 0 Å². The van der Waals surface area contributed by atoms with Gasteiger partial charge in [-0.2, -0.15) is 0 Å². The van der Waals surface area contributed by atoms with Crippen LogP contribution in [0.1, 0.15) is 28.7 Å². The van der Waals surface area contributed by atoms with Gasteiger partial charge in [0.25, 0.3) is 0 Å². The number of imidazole rings is 1. The Morgan fingerprint density at radius 2 is 2.29 bits per heavy atom. The molecule has 0 amide bonds. The van der Waals surface area contributed by atoms with E-state index >= 15 is 0 Å². The van der Waals surface area contributed by atoms with E-state index in [9.17, 15) is 0 Å². The van der Waals surface area contributed by atoms with Gasteiger partial charge in [0.2, 0.25) is 0 Å². The van der Waals surface area contributed by atoms with Crippen molar-refractivity contribution in [2.45, 2.75) is 26.3 Å². The Balaban J connectivity index is 2.15. The SMILES string of the molecule is CCNC(Cc1nccn1C)c1cnc(C)s1. The van der Waals surface area contributed by atoms with Crippen LogP contribution in [0.2, 0.25) is 0 Å². The fraction of sp³-hybridized carbons (Fsp3) is 0.500. The van der Waals surface area contributed by atoms with Crippen molar-refractivity contribution in [3.8, 4) is 0 Å². The van der Waals surface area contributed by atoms with E-state index in [-0.39, 0.29) is 0 Å². The van der Waals surface area contributed by atoms with Crippen LogP contribution in [0.4, 0.5) is 0 Å². The molecule has 1 atom stereocenters. The van der Waals surface area contributed by atoms with Gasteiger partial charge in [-0.05, 0) is 13.5 Å². The quantitative estimate of drug-likeness (QED) is 0.883. The molecule has 0 saturated carbocycles. The number of thiazole rings is 1. The summed E-state index contributed by atoms with van der Waals surface area (Å²) < 4.78 is 2.07. The lowest BCUT2D eigenvalue weighted by atomic mass is 10.1. The molecule has 1 N–H and O–H groups in total. The maximum absolute atomic E-state index is 4.38. The van der Waals surface area contributed by atoms with E-state index in [0.717, 1.165) is 23.8 Å². The summed E-state index contributed by atoms with van der Waals surface area (Å²) in [6.45, 7) is 5.11. The van der Waals surface area contributed by atoms with E-state index in [2.05, 4.69) is 26.8 Å². The number of nitrogens with zero attached hydrogens (tertiary/aromatic N) is 3. The van der Waals surface area contributed by atoms with Gasteiger partial charge in [0, 0.05) is 36.9 Å². The maximum Gasteiger partial charge on any atom is 0.110 e. The lowest BCUT2D eigenvalue weighted by Crippen LogP contribution is -2.23. The monoisotopic (exact) mass is 250 g/mol. The third kappa shape index (κ3) is 2.92. The second-order valence-electron chi connectivity index (χ2n) is 4.05. The molecule has 0 bridgehead atoms. The first-order chi connectivity index (χ1) is 8.20. The van der Waals surface area contributed by atoms with Crippen molar-refractivity contribution in [3.63, 3.8) is 0 Å². The molecule has 2 rings (SSSR count). The highest BCUT2D eigenvalue weighted by atomic mass is 32.1. The van der Waals surface area contributed by atoms with Crippen LogP contribution in [0, 0.1) is 6.92 Å². The molecular formula is C12H18N4S. The van der Waals surface area contributed by atoms with Gasteiger partial charge in [-0.25, -0.2) is 9.97 Å². The second-order valence-corrected chi connectivity index (χ2v) is 5.32. The molecule has 4 nitrogen and oxygen atoms in total. The lowest BCUT2D eigenvalue weighted by Gasteiger charge is -2.15. The lowest BCUT2D eigenvalue weighted by molar-refractivity contribution is 0.536. The number of likely N-dealkylation sites (N-methyl/N-ethyl adjacent to an activating group) is 1. The standard InChI is InChI=1S/C12H18N4S/c1-4-13-10(11-8-15-9(2)17-11)7-12-14-5-6-16(12)3/h5-6,8,10,13H,4,7H2,1-3H3. The third-order valence-electron chi connectivity index (χ3n) is 2.74. The van der Waals surface area contributed by atoms with Gasteiger partial charge in [0.15, 0.2) is 0 Å². The predicted molar refractivity (Wildman–Crippen MR) is 70.2 cm³/mol. The van der Waals surface area contributed by atoms with Gasteiger partial charge in [-0.3, -0.25) is 0 Å². The van der Waals surface area contributed by atoms with E-state index in [0.29, 0.717) is 6.04 Å². The van der Waals surface area contributed by atoms with Crippen molar-refractivity contribution in [2.24, 2.45) is 7.05 Å². The molecule has 0 aliphatic carbocycles. The van der Waals surface area contributed by atoms with Crippen LogP contribution in [0.25, 0.3) is 0 Å². The fourth-order valence-corrected chi connectivity index (χ4v) is 2.70. The first kappa shape index (κ1) is 12.3. The third-order valence-corrected chi connectivity index (χ3v) is 3.77. The summed E-state index contributed by atoms with van der Waals surface area (Å²) in [5, 5.41) is 4.61. The van der Waals surface area contributed by atoms with E-state index in [1.807, 2.05) is 32.6 Å². The minimum atomic E-state index is 0.312. The summed E-state index contributed by atoms with van der Waals surface area (Å²) in [5.41, 5.74) is 0. The molecule has 2 aromatic heterocycles. The number of nitrogens with one attached hydrogen (secondary N) is 1. The van der Waals surface area contributed by atoms with E-state index < -0.39 is 0 Å². The van der Waals surface area contributed by atoms with Gasteiger partial charge in [0.05, 0.1) is 11.0 Å². The smallest absolute Gasteiger partial charge is 0.110 e. The molecule has 0 saturated heterocycles. The van der Waals surface area contributed by atoms with Crippen molar-refractivity contribution in [3.05, 3.63) is 34.3 Å². The van der Waals surface area contributed by atoms with E-state index in [4.69, 9.17) is 0 Å². The Kier molecular flexibility index (Phi) is 3.91. The Labute approximate surface area is 106 Å². The van der Waals surface area contributed by atoms with Crippen LogP contribution >= 0.6 is 11.3 Å². The van der Waals surface area contributed by atoms with E-state index in [1.165, 1.54) is 4.88 Å². The minimum absolute atomic E-state index is 0.312. The average molecular weight is 250 g/mol. The van der Waals surface area contributed by atoms with Crippen LogP contribution in [0.5, 0.6) is 0 Å². The zero-order valence-electron chi connectivity index (χ0n) is 10.5. The molecule has 92 valence electrons. The molecule has 0 spiro atoms. The van der Waals surface area contributed by atoms with Gasteiger partial charge in [-0.1, -0.05) is 6.92 Å². The molecule has 0 aliphatic heterocycles. The van der Waals surface area contributed by atoms with Crippen molar-refractivity contribution < 1.29 is 0 Å². The number of hydrogen-bond donors (Lipinski definition) is 1. The molecule has 0 aliphatic rings. The van der Waals surface area contributed by atoms with Crippen molar-refractivity contribution in [1.29, 1.82) is 0 Å². The normalized spacial score (nSPS) is 12.9. The fourth-order valence-electron chi connectivity index (χ4n) is 1.83. The van der Waals surface area contributed by atoms with Crippen LogP contribution in [-0.4, -0.2) is 21.1 Å². The zero-order valence-corrected chi connectivity index (χ0v) is 11.3. The highest BCUT2D eigenvalue weighted by Crippen LogP contribution is 2.23. The molecule has 2 aromatic rings. The first-order valence-electron chi connectivity index (χ1n) is 5.82. The summed E-state index contributed by atoms with van der Waals surface area (Å²) in [6, 6.07) is 0.312. The summed E-state index contributed by atoms with van der Waals surface area (Å²) in [4.78, 5) is 9.98. The highest BCUT2D eigenvalue weighted by Gasteiger charge is 2.15. The molecule has 1 unspecified atom stereocenters. The second kappa shape index (κ2) is 5.42. The zero-order chi connectivity index (χ0) is 12.3. The van der Waals surface area contributed by atoms with Crippen molar-refractivity contribution in [1.82, 2.24) is 19.9 Å². The summed E-state index contributed by atoms with van der Waals surface area (Å²) in [6.07, 6.45) is 6.70. The van der Waals surface area contributed by atoms with Crippen LogP contribution in [0.3, 0.4) is 0 Å². The Hall–Kier alpha value is -1.20. The molecule has 5 heteroatoms. The summed E-state index contributed by atoms with van der Waals surface area (Å²) in [5.74, 6) is 1.10. The Morgan fingerprint density at radius 3 is 2.82 bits per heavy atom. The molecule has 0 radical (unpaired) electrons. The number of rotatable bonds is 5. The molecular weight excluding hydrogens is 232 g/mol. The summed E-state index contributed by atoms with van der Waals surface area (Å²) in [7, 11) is 2.03. The molecule has 0 aromatic carbocycles. The molecule has 2 heterocycles. The molecule has 0 fully saturated rings. The van der Waals surface area contributed by atoms with Crippen LogP contribution in [0.15, 0.2) is 18.6 Å². The average Bonchev–Trinajstić information content (AvgIpc) is 2.88. The number of aromatic nitrogens is 3. The largest absolute Gasteiger partial charge is 0.338 e. The maximum atomic E-state index is 4.38. The van der Waals surface area contributed by atoms with Crippen LogP contribution < -0.4 is 5.32 Å². The van der Waals surface area contributed by atoms with Gasteiger partial charge in [0.1, 0.15) is 5.82 Å². The van der Waals surface area contributed by atoms with Gasteiger partial charge < -0.3 is 9.88 Å². The summed E-state index contributed by atoms with van der Waals surface area (Å²) >= 11 is 1.75. The van der Waals surface area contributed by atoms with Crippen molar-refractivity contribution >= 4 is 11.3 Å². The molecule has 17 heavy (non-hydrogen) atoms. The van der Waals surface area contributed by atoms with Gasteiger partial charge in [-0.15, -0.1) is 11.3 Å². The van der Waals surface area contributed by atoms with E-state index in [1.54, 1.807) is 11.3 Å². The number of hydrogen-bond acceptors (Lipinski definition) is 4. The predicted octanol–water partition coefficient (Wildman–Crippen LogP) is 2.08. The topological polar surface area (TPSA) is 42.7 Å².